The first kappa shape index (κ1) is 11.7. The van der Waals surface area contributed by atoms with Crippen LogP contribution in [0.15, 0.2) is 48.5 Å². The molecule has 2 aliphatic rings. The van der Waals surface area contributed by atoms with Crippen molar-refractivity contribution in [1.29, 1.82) is 0 Å². The molecule has 0 amide bonds. The van der Waals surface area contributed by atoms with E-state index in [4.69, 9.17) is 4.74 Å². The zero-order valence-corrected chi connectivity index (χ0v) is 11.1. The van der Waals surface area contributed by atoms with E-state index in [1.807, 2.05) is 24.3 Å². The summed E-state index contributed by atoms with van der Waals surface area (Å²) in [5, 5.41) is 0. The molecule has 0 saturated carbocycles. The Morgan fingerprint density at radius 3 is 2.65 bits per heavy atom. The molecule has 100 valence electrons. The van der Waals surface area contributed by atoms with Crippen LogP contribution in [0.2, 0.25) is 0 Å². The smallest absolute Gasteiger partial charge is 0.343 e. The van der Waals surface area contributed by atoms with Gasteiger partial charge in [-0.15, -0.1) is 0 Å². The minimum Gasteiger partial charge on any atom is -0.404 e. The average molecular weight is 266 g/mol. The number of ether oxygens (including phenoxy) is 1. The Kier molecular flexibility index (Phi) is 2.60. The number of nitrogens with one attached hydrogen (secondary N) is 1. The number of cyclic esters (lactones) is 1. The summed E-state index contributed by atoms with van der Waals surface area (Å²) >= 11 is 0. The Bertz CT molecular complexity index is 680. The van der Waals surface area contributed by atoms with Crippen molar-refractivity contribution in [3.8, 4) is 0 Å². The van der Waals surface area contributed by atoms with E-state index in [2.05, 4.69) is 24.3 Å². The van der Waals surface area contributed by atoms with Crippen LogP contribution in [-0.4, -0.2) is 12.5 Å². The Morgan fingerprint density at radius 2 is 1.75 bits per heavy atom. The van der Waals surface area contributed by atoms with Gasteiger partial charge >= 0.3 is 5.97 Å². The molecule has 0 fully saturated rings. The van der Waals surface area contributed by atoms with Gasteiger partial charge in [-0.05, 0) is 17.7 Å². The maximum atomic E-state index is 11.9. The summed E-state index contributed by atoms with van der Waals surface area (Å²) in [6, 6.07) is 16.3. The molecule has 0 radical (unpaired) electrons. The summed E-state index contributed by atoms with van der Waals surface area (Å²) in [5.41, 5.74) is 4.55. The number of carbonyl (C=O) groups is 1. The van der Waals surface area contributed by atoms with Crippen LogP contribution >= 0.6 is 0 Å². The van der Waals surface area contributed by atoms with Crippen LogP contribution in [0.1, 0.15) is 33.3 Å². The molecule has 3 heteroatoms. The fourth-order valence-electron chi connectivity index (χ4n) is 3.27. The van der Waals surface area contributed by atoms with Crippen LogP contribution < -0.4 is 4.90 Å². The normalized spacial score (nSPS) is 23.9. The summed E-state index contributed by atoms with van der Waals surface area (Å²) in [7, 11) is 0. The number of fused-ring (bicyclic) bond motifs is 2. The molecule has 2 heterocycles. The molecule has 0 aliphatic carbocycles. The molecule has 4 rings (SSSR count). The van der Waals surface area contributed by atoms with Crippen LogP contribution in [0.25, 0.3) is 0 Å². The maximum Gasteiger partial charge on any atom is 0.343 e. The standard InChI is InChI=1S/C17H15NO2/c19-17-15-8-4-3-7-14(15)16(20-17)18-10-9-12-5-1-2-6-13(12)11-18/h1-8,16H,9-11H2/p+1/t16-/m1/s1. The van der Waals surface area contributed by atoms with E-state index in [0.717, 1.165) is 30.6 Å². The van der Waals surface area contributed by atoms with E-state index < -0.39 is 0 Å². The molecule has 2 aromatic carbocycles. The zero-order chi connectivity index (χ0) is 13.5. The maximum absolute atomic E-state index is 11.9. The topological polar surface area (TPSA) is 30.7 Å². The van der Waals surface area contributed by atoms with E-state index in [1.54, 1.807) is 0 Å². The summed E-state index contributed by atoms with van der Waals surface area (Å²) in [5.74, 6) is -0.183. The Hall–Kier alpha value is -2.13. The lowest BCUT2D eigenvalue weighted by molar-refractivity contribution is -0.966. The lowest BCUT2D eigenvalue weighted by Crippen LogP contribution is -3.12. The van der Waals surface area contributed by atoms with Crippen molar-refractivity contribution in [2.45, 2.75) is 19.2 Å². The number of quaternary nitrogens is 1. The number of hydrogen-bond donors (Lipinski definition) is 1. The lowest BCUT2D eigenvalue weighted by Gasteiger charge is -2.29. The van der Waals surface area contributed by atoms with E-state index in [0.29, 0.717) is 0 Å². The molecule has 0 aromatic heterocycles. The van der Waals surface area contributed by atoms with Crippen LogP contribution in [-0.2, 0) is 17.7 Å². The Morgan fingerprint density at radius 1 is 1.00 bits per heavy atom. The number of esters is 1. The SMILES string of the molecule is O=C1O[C@@H]([NH+]2CCc3ccccc3C2)c2ccccc21. The predicted octanol–water partition coefficient (Wildman–Crippen LogP) is 1.50. The third kappa shape index (κ3) is 1.74. The van der Waals surface area contributed by atoms with Gasteiger partial charge in [0, 0.05) is 12.0 Å². The molecule has 2 aromatic rings. The van der Waals surface area contributed by atoms with Crippen LogP contribution in [0.3, 0.4) is 0 Å². The van der Waals surface area contributed by atoms with Gasteiger partial charge < -0.3 is 4.74 Å². The average Bonchev–Trinajstić information content (AvgIpc) is 2.85. The van der Waals surface area contributed by atoms with Crippen LogP contribution in [0.4, 0.5) is 0 Å². The second-order valence-electron chi connectivity index (χ2n) is 5.48. The quantitative estimate of drug-likeness (QED) is 0.793. The highest BCUT2D eigenvalue weighted by Gasteiger charge is 2.39. The molecule has 0 bridgehead atoms. The van der Waals surface area contributed by atoms with Gasteiger partial charge in [0.25, 0.3) is 6.23 Å². The van der Waals surface area contributed by atoms with Gasteiger partial charge in [0.2, 0.25) is 0 Å². The van der Waals surface area contributed by atoms with Gasteiger partial charge in [-0.3, -0.25) is 4.90 Å². The third-order valence-corrected chi connectivity index (χ3v) is 4.31. The summed E-state index contributed by atoms with van der Waals surface area (Å²) < 4.78 is 5.61. The largest absolute Gasteiger partial charge is 0.404 e. The number of carbonyl (C=O) groups excluding carboxylic acids is 1. The minimum atomic E-state index is -0.183. The van der Waals surface area contributed by atoms with E-state index in [-0.39, 0.29) is 12.2 Å². The van der Waals surface area contributed by atoms with Crippen LogP contribution in [0, 0.1) is 0 Å². The minimum absolute atomic E-state index is 0.146. The third-order valence-electron chi connectivity index (χ3n) is 4.31. The fraction of sp³-hybridized carbons (Fsp3) is 0.235. The highest BCUT2D eigenvalue weighted by atomic mass is 16.6. The Labute approximate surface area is 117 Å². The second-order valence-corrected chi connectivity index (χ2v) is 5.48. The van der Waals surface area contributed by atoms with Gasteiger partial charge in [-0.1, -0.05) is 36.4 Å². The van der Waals surface area contributed by atoms with Gasteiger partial charge in [0.15, 0.2) is 0 Å². The second kappa shape index (κ2) is 4.46. The van der Waals surface area contributed by atoms with E-state index in [9.17, 15) is 4.79 Å². The molecular weight excluding hydrogens is 250 g/mol. The summed E-state index contributed by atoms with van der Waals surface area (Å²) in [4.78, 5) is 13.2. The molecule has 3 nitrogen and oxygen atoms in total. The van der Waals surface area contributed by atoms with Gasteiger partial charge in [-0.25, -0.2) is 4.79 Å². The van der Waals surface area contributed by atoms with Crippen molar-refractivity contribution in [3.05, 3.63) is 70.8 Å². The summed E-state index contributed by atoms with van der Waals surface area (Å²) in [6.45, 7) is 1.92. The monoisotopic (exact) mass is 266 g/mol. The van der Waals surface area contributed by atoms with Crippen molar-refractivity contribution in [3.63, 3.8) is 0 Å². The van der Waals surface area contributed by atoms with Gasteiger partial charge in [0.1, 0.15) is 6.54 Å². The van der Waals surface area contributed by atoms with E-state index in [1.165, 1.54) is 16.0 Å². The molecule has 2 atom stereocenters. The van der Waals surface area contributed by atoms with Crippen molar-refractivity contribution < 1.29 is 14.4 Å². The molecular formula is C17H16NO2+. The van der Waals surface area contributed by atoms with Gasteiger partial charge in [0.05, 0.1) is 17.7 Å². The van der Waals surface area contributed by atoms with Crippen molar-refractivity contribution in [2.75, 3.05) is 6.54 Å². The van der Waals surface area contributed by atoms with Crippen LogP contribution in [0.5, 0.6) is 0 Å². The fourth-order valence-corrected chi connectivity index (χ4v) is 3.27. The number of benzene rings is 2. The first-order valence-electron chi connectivity index (χ1n) is 7.04. The van der Waals surface area contributed by atoms with Crippen molar-refractivity contribution in [2.24, 2.45) is 0 Å². The molecule has 2 aliphatic heterocycles. The number of hydrogen-bond acceptors (Lipinski definition) is 2. The molecule has 1 N–H and O–H groups in total. The Balaban J connectivity index is 1.66. The van der Waals surface area contributed by atoms with Crippen molar-refractivity contribution >= 4 is 5.97 Å². The first-order chi connectivity index (χ1) is 9.83. The molecule has 20 heavy (non-hydrogen) atoms. The first-order valence-corrected chi connectivity index (χ1v) is 7.04. The summed E-state index contributed by atoms with van der Waals surface area (Å²) in [6.07, 6.45) is 0.897. The molecule has 1 unspecified atom stereocenters. The number of rotatable bonds is 1. The highest BCUT2D eigenvalue weighted by molar-refractivity contribution is 5.93. The van der Waals surface area contributed by atoms with E-state index >= 15 is 0 Å². The lowest BCUT2D eigenvalue weighted by atomic mass is 9.98. The molecule has 0 spiro atoms. The zero-order valence-electron chi connectivity index (χ0n) is 11.1. The van der Waals surface area contributed by atoms with Gasteiger partial charge in [-0.2, -0.15) is 0 Å². The highest BCUT2D eigenvalue weighted by Crippen LogP contribution is 2.27. The molecule has 0 saturated heterocycles. The predicted molar refractivity (Wildman–Crippen MR) is 74.3 cm³/mol. The van der Waals surface area contributed by atoms with Crippen molar-refractivity contribution in [1.82, 2.24) is 0 Å².